The van der Waals surface area contributed by atoms with E-state index in [1.807, 2.05) is 6.26 Å². The van der Waals surface area contributed by atoms with Gasteiger partial charge in [-0.05, 0) is 61.8 Å². The number of aliphatic hydroxyl groups is 1. The monoisotopic (exact) mass is 1130 g/mol. The van der Waals surface area contributed by atoms with Crippen molar-refractivity contribution in [1.82, 2.24) is 62.8 Å². The van der Waals surface area contributed by atoms with Gasteiger partial charge >= 0.3 is 0 Å². The number of aromatic amines is 2. The summed E-state index contributed by atoms with van der Waals surface area (Å²) < 4.78 is 0. The number of amides is 11. The number of nitrogens with zero attached hydrogens (tertiary/aromatic N) is 1. The van der Waals surface area contributed by atoms with E-state index in [-0.39, 0.29) is 38.0 Å². The minimum absolute atomic E-state index is 0.00764. The topological polar surface area (TPSA) is 439 Å². The Morgan fingerprint density at radius 1 is 0.625 bits per heavy atom. The van der Waals surface area contributed by atoms with Gasteiger partial charge in [0.2, 0.25) is 65.0 Å². The highest BCUT2D eigenvalue weighted by molar-refractivity contribution is 7.98. The fourth-order valence-electron chi connectivity index (χ4n) is 8.18. The molecule has 0 aliphatic carbocycles. The minimum Gasteiger partial charge on any atom is -0.391 e. The molecule has 0 unspecified atom stereocenters. The first-order valence-electron chi connectivity index (χ1n) is 25.7. The summed E-state index contributed by atoms with van der Waals surface area (Å²) in [6.07, 6.45) is 4.01. The first-order valence-corrected chi connectivity index (χ1v) is 27.1. The SMILES string of the molecule is CSCC[C@H](NC(=O)[C@@H](Cc1ccccc1)NC(=O)[C@H](Cc1cnc[nH]1)NC(=O)CNC(=O)[C@@H](NC(=O)[C@@H](C)NC(=O)[C@@H](Cc1c[nH]c2ccccc12)NC(=O)[C@H](CC(C)C)NC(=O)[C@@H](CC(N)=O)NC(=O)CN)[C@@H](C)O)C(N)=O. The molecular formula is C52H73N15O12S. The van der Waals surface area contributed by atoms with E-state index >= 15 is 0 Å². The van der Waals surface area contributed by atoms with Crippen LogP contribution in [0, 0.1) is 5.92 Å². The zero-order chi connectivity index (χ0) is 59.1. The van der Waals surface area contributed by atoms with E-state index in [0.717, 1.165) is 0 Å². The van der Waals surface area contributed by atoms with Crippen molar-refractivity contribution in [2.24, 2.45) is 23.1 Å². The van der Waals surface area contributed by atoms with Crippen molar-refractivity contribution in [2.75, 3.05) is 25.1 Å². The summed E-state index contributed by atoms with van der Waals surface area (Å²) in [4.78, 5) is 156. The number of nitrogens with two attached hydrogens (primary N) is 3. The molecule has 0 saturated carbocycles. The predicted octanol–water partition coefficient (Wildman–Crippen LogP) is -3.57. The number of fused-ring (bicyclic) bond motifs is 1. The van der Waals surface area contributed by atoms with Gasteiger partial charge < -0.3 is 80.1 Å². The molecule has 4 aromatic rings. The van der Waals surface area contributed by atoms with Gasteiger partial charge in [-0.2, -0.15) is 11.8 Å². The Morgan fingerprint density at radius 2 is 1.20 bits per heavy atom. The molecule has 0 aliphatic rings. The number of aliphatic hydroxyl groups excluding tert-OH is 1. The quantitative estimate of drug-likeness (QED) is 0.0220. The van der Waals surface area contributed by atoms with Crippen LogP contribution in [0.4, 0.5) is 0 Å². The van der Waals surface area contributed by atoms with Gasteiger partial charge in [0.15, 0.2) is 0 Å². The van der Waals surface area contributed by atoms with Crippen LogP contribution >= 0.6 is 11.8 Å². The number of hydrogen-bond acceptors (Lipinski definition) is 15. The molecule has 0 saturated heterocycles. The summed E-state index contributed by atoms with van der Waals surface area (Å²) in [6.45, 7) is 4.72. The number of hydrogen-bond donors (Lipinski definition) is 15. The summed E-state index contributed by atoms with van der Waals surface area (Å²) in [6, 6.07) is 4.90. The van der Waals surface area contributed by atoms with Crippen LogP contribution in [-0.4, -0.2) is 165 Å². The van der Waals surface area contributed by atoms with Gasteiger partial charge in [0.25, 0.3) is 0 Å². The molecule has 2 aromatic heterocycles. The molecular weight excluding hydrogens is 1060 g/mol. The van der Waals surface area contributed by atoms with E-state index in [9.17, 15) is 57.8 Å². The Bertz CT molecular complexity index is 2780. The molecule has 434 valence electrons. The molecule has 11 amide bonds. The second kappa shape index (κ2) is 31.9. The van der Waals surface area contributed by atoms with Crippen molar-refractivity contribution < 1.29 is 57.8 Å². The maximum Gasteiger partial charge on any atom is 0.245 e. The number of primary amides is 2. The van der Waals surface area contributed by atoms with E-state index in [1.54, 1.807) is 74.6 Å². The van der Waals surface area contributed by atoms with Gasteiger partial charge in [0, 0.05) is 48.3 Å². The average molecular weight is 1130 g/mol. The third kappa shape index (κ3) is 20.8. The molecule has 28 heteroatoms. The van der Waals surface area contributed by atoms with Crippen LogP contribution < -0.4 is 65.1 Å². The third-order valence-electron chi connectivity index (χ3n) is 12.4. The second-order valence-electron chi connectivity index (χ2n) is 19.4. The molecule has 0 bridgehead atoms. The van der Waals surface area contributed by atoms with E-state index < -0.39 is 139 Å². The summed E-state index contributed by atoms with van der Waals surface area (Å²) in [5.41, 5.74) is 18.7. The zero-order valence-corrected chi connectivity index (χ0v) is 45.9. The number of imidazole rings is 1. The zero-order valence-electron chi connectivity index (χ0n) is 45.1. The van der Waals surface area contributed by atoms with Gasteiger partial charge in [-0.15, -0.1) is 0 Å². The van der Waals surface area contributed by atoms with E-state index in [0.29, 0.717) is 33.5 Å². The van der Waals surface area contributed by atoms with Gasteiger partial charge in [-0.25, -0.2) is 4.98 Å². The molecule has 4 rings (SSSR count). The number of H-pyrrole nitrogens is 2. The maximum atomic E-state index is 14.2. The van der Waals surface area contributed by atoms with Gasteiger partial charge in [0.05, 0.1) is 31.9 Å². The predicted molar refractivity (Wildman–Crippen MR) is 295 cm³/mol. The molecule has 0 aliphatic heterocycles. The molecule has 0 fully saturated rings. The number of aromatic nitrogens is 3. The van der Waals surface area contributed by atoms with Crippen LogP contribution in [0.5, 0.6) is 0 Å². The van der Waals surface area contributed by atoms with Crippen LogP contribution in [0.25, 0.3) is 10.9 Å². The Morgan fingerprint density at radius 3 is 1.80 bits per heavy atom. The second-order valence-corrected chi connectivity index (χ2v) is 20.4. The molecule has 27 nitrogen and oxygen atoms in total. The van der Waals surface area contributed by atoms with Gasteiger partial charge in [-0.1, -0.05) is 62.4 Å². The minimum atomic E-state index is -1.70. The highest BCUT2D eigenvalue weighted by Gasteiger charge is 2.35. The van der Waals surface area contributed by atoms with E-state index in [4.69, 9.17) is 17.2 Å². The van der Waals surface area contributed by atoms with E-state index in [2.05, 4.69) is 62.8 Å². The summed E-state index contributed by atoms with van der Waals surface area (Å²) >= 11 is 1.44. The van der Waals surface area contributed by atoms with Crippen LogP contribution in [0.2, 0.25) is 0 Å². The van der Waals surface area contributed by atoms with Crippen LogP contribution in [-0.2, 0) is 72.0 Å². The Hall–Kier alpha value is -8.37. The van der Waals surface area contributed by atoms with Crippen molar-refractivity contribution in [1.29, 1.82) is 0 Å². The molecule has 0 spiro atoms. The van der Waals surface area contributed by atoms with E-state index in [1.165, 1.54) is 38.1 Å². The number of thioether (sulfide) groups is 1. The highest BCUT2D eigenvalue weighted by atomic mass is 32.2. The van der Waals surface area contributed by atoms with Crippen molar-refractivity contribution >= 4 is 87.6 Å². The number of carbonyl (C=O) groups is 11. The van der Waals surface area contributed by atoms with Gasteiger partial charge in [-0.3, -0.25) is 52.7 Å². The standard InChI is InChI=1S/C52H73N15O12S/c1-27(2)17-36(64-51(78)40(21-41(54)69)61-42(70)22-53)48(75)66-38(19-31-23-57-34-14-10-9-13-33(31)34)47(74)60-28(3)46(73)67-44(29(4)68)52(79)58-25-43(71)62-39(20-32-24-56-26-59-32)50(77)65-37(18-30-11-7-6-8-12-30)49(76)63-35(45(55)72)15-16-80-5/h6-14,23-24,26-29,35-40,44,57,68H,15-22,25,53H2,1-5H3,(H2,54,69)(H2,55,72)(H,56,59)(H,58,79)(H,60,74)(H,61,70)(H,62,71)(H,63,76)(H,64,78)(H,65,77)(H,66,75)(H,67,73)/t28-,29-,35+,36+,37-,38-,39+,40-,44+/m1/s1. The molecule has 2 aromatic carbocycles. The fourth-order valence-corrected chi connectivity index (χ4v) is 8.65. The van der Waals surface area contributed by atoms with Gasteiger partial charge in [0.1, 0.15) is 48.3 Å². The number of carbonyl (C=O) groups excluding carboxylic acids is 11. The maximum absolute atomic E-state index is 14.2. The molecule has 18 N–H and O–H groups in total. The number of nitrogens with one attached hydrogen (secondary N) is 11. The first kappa shape index (κ1) is 64.2. The summed E-state index contributed by atoms with van der Waals surface area (Å²) in [5, 5.41) is 34.0. The largest absolute Gasteiger partial charge is 0.391 e. The lowest BCUT2D eigenvalue weighted by Gasteiger charge is -2.27. The Labute approximate surface area is 465 Å². The lowest BCUT2D eigenvalue weighted by molar-refractivity contribution is -0.136. The normalized spacial score (nSPS) is 14.5. The van der Waals surface area contributed by atoms with Crippen LogP contribution in [0.15, 0.2) is 73.3 Å². The van der Waals surface area contributed by atoms with Crippen molar-refractivity contribution in [2.45, 2.75) is 121 Å². The first-order chi connectivity index (χ1) is 38.0. The molecule has 80 heavy (non-hydrogen) atoms. The van der Waals surface area contributed by atoms with Crippen LogP contribution in [0.3, 0.4) is 0 Å². The summed E-state index contributed by atoms with van der Waals surface area (Å²) in [5.74, 6) is -9.21. The third-order valence-corrected chi connectivity index (χ3v) is 13.0. The highest BCUT2D eigenvalue weighted by Crippen LogP contribution is 2.20. The van der Waals surface area contributed by atoms with Crippen molar-refractivity contribution in [3.63, 3.8) is 0 Å². The summed E-state index contributed by atoms with van der Waals surface area (Å²) in [7, 11) is 0. The number of para-hydroxylation sites is 1. The molecule has 0 radical (unpaired) electrons. The Kier molecular flexibility index (Phi) is 25.6. The van der Waals surface area contributed by atoms with Crippen molar-refractivity contribution in [3.05, 3.63) is 90.1 Å². The fraction of sp³-hybridized carbons (Fsp3) is 0.462. The molecule has 9 atom stereocenters. The number of benzene rings is 2. The number of rotatable bonds is 33. The Balaban J connectivity index is 1.47. The smallest absolute Gasteiger partial charge is 0.245 e. The van der Waals surface area contributed by atoms with Crippen molar-refractivity contribution in [3.8, 4) is 0 Å². The average Bonchev–Trinajstić information content (AvgIpc) is 4.13. The lowest BCUT2D eigenvalue weighted by atomic mass is 10.00. The van der Waals surface area contributed by atoms with Crippen LogP contribution in [0.1, 0.15) is 63.8 Å². The molecule has 2 heterocycles. The lowest BCUT2D eigenvalue weighted by Crippen LogP contribution is -2.60.